The molecule has 3 saturated heterocycles. The Morgan fingerprint density at radius 3 is 1.85 bits per heavy atom. The molecule has 2 aromatic rings. The highest BCUT2D eigenvalue weighted by Crippen LogP contribution is 2.33. The smallest absolute Gasteiger partial charge is 0.333 e. The first-order valence-electron chi connectivity index (χ1n) is 12.4. The highest BCUT2D eigenvalue weighted by atomic mass is 16.5. The molecule has 0 aliphatic carbocycles. The largest absolute Gasteiger partial charge is 0.493 e. The number of carbonyl (C=O) groups excluding carboxylic acids is 3. The van der Waals surface area contributed by atoms with E-state index in [2.05, 4.69) is 15.0 Å². The van der Waals surface area contributed by atoms with Crippen molar-refractivity contribution in [1.82, 2.24) is 24.8 Å². The molecule has 3 fully saturated rings. The van der Waals surface area contributed by atoms with E-state index in [4.69, 9.17) is 18.9 Å². The average Bonchev–Trinajstić information content (AvgIpc) is 2.98. The van der Waals surface area contributed by atoms with E-state index < -0.39 is 17.8 Å². The van der Waals surface area contributed by atoms with Gasteiger partial charge in [-0.25, -0.2) is 4.79 Å². The first-order chi connectivity index (χ1) is 18.9. The van der Waals surface area contributed by atoms with Gasteiger partial charge in [0.05, 0.1) is 33.5 Å². The number of rotatable bonds is 6. The van der Waals surface area contributed by atoms with Crippen molar-refractivity contribution in [2.75, 3.05) is 83.6 Å². The van der Waals surface area contributed by atoms with Gasteiger partial charge < -0.3 is 28.7 Å². The zero-order valence-corrected chi connectivity index (χ0v) is 22.0. The Hall–Kier alpha value is -4.30. The second-order valence-corrected chi connectivity index (χ2v) is 9.00. The lowest BCUT2D eigenvalue weighted by Crippen LogP contribution is -2.52. The zero-order valence-electron chi connectivity index (χ0n) is 22.0. The molecule has 14 nitrogen and oxygen atoms in total. The number of nitrogens with zero attached hydrogens (tertiary/aromatic N) is 7. The predicted molar refractivity (Wildman–Crippen MR) is 138 cm³/mol. The van der Waals surface area contributed by atoms with E-state index in [1.165, 1.54) is 27.3 Å². The Morgan fingerprint density at radius 2 is 1.33 bits per heavy atom. The van der Waals surface area contributed by atoms with Crippen LogP contribution >= 0.6 is 0 Å². The molecule has 0 unspecified atom stereocenters. The van der Waals surface area contributed by atoms with Crippen molar-refractivity contribution in [2.45, 2.75) is 0 Å². The van der Waals surface area contributed by atoms with Gasteiger partial charge in [-0.05, 0) is 23.8 Å². The third-order valence-electron chi connectivity index (χ3n) is 6.52. The molecule has 1 aromatic carbocycles. The lowest BCUT2D eigenvalue weighted by atomic mass is 10.1. The first-order valence-corrected chi connectivity index (χ1v) is 12.4. The summed E-state index contributed by atoms with van der Waals surface area (Å²) in [6, 6.07) is 4.32. The third-order valence-corrected chi connectivity index (χ3v) is 6.52. The summed E-state index contributed by atoms with van der Waals surface area (Å²) in [6.07, 6.45) is 1.41. The average molecular weight is 540 g/mol. The molecule has 1 aromatic heterocycles. The molecule has 0 bridgehead atoms. The minimum Gasteiger partial charge on any atom is -0.493 e. The lowest BCUT2D eigenvalue weighted by molar-refractivity contribution is -0.134. The number of hydrogen-bond donors (Lipinski definition) is 0. The highest BCUT2D eigenvalue weighted by Gasteiger charge is 2.37. The van der Waals surface area contributed by atoms with Gasteiger partial charge in [0.25, 0.3) is 11.8 Å². The summed E-state index contributed by atoms with van der Waals surface area (Å²) in [5.41, 5.74) is 0.365. The first kappa shape index (κ1) is 26.3. The molecule has 39 heavy (non-hydrogen) atoms. The molecule has 5 rings (SSSR count). The van der Waals surface area contributed by atoms with Crippen LogP contribution in [0.1, 0.15) is 5.56 Å². The number of hydrogen-bond acceptors (Lipinski definition) is 12. The molecular formula is C25H29N7O7. The maximum atomic E-state index is 12.6. The summed E-state index contributed by atoms with van der Waals surface area (Å²) in [4.78, 5) is 56.8. The summed E-state index contributed by atoms with van der Waals surface area (Å²) in [7, 11) is 4.12. The van der Waals surface area contributed by atoms with Gasteiger partial charge in [-0.3, -0.25) is 19.4 Å². The quantitative estimate of drug-likeness (QED) is 0.378. The van der Waals surface area contributed by atoms with Gasteiger partial charge >= 0.3 is 12.0 Å². The number of urea groups is 1. The molecule has 4 heterocycles. The minimum absolute atomic E-state index is 0.0942. The van der Waals surface area contributed by atoms with Crippen molar-refractivity contribution in [3.63, 3.8) is 0 Å². The summed E-state index contributed by atoms with van der Waals surface area (Å²) >= 11 is 0. The molecule has 3 aliphatic heterocycles. The fourth-order valence-electron chi connectivity index (χ4n) is 4.29. The number of imide groups is 2. The lowest BCUT2D eigenvalue weighted by Gasteiger charge is -2.30. The fraction of sp³-hybridized carbons (Fsp3) is 0.440. The molecular weight excluding hydrogens is 510 g/mol. The van der Waals surface area contributed by atoms with Crippen LogP contribution in [0.5, 0.6) is 17.5 Å². The highest BCUT2D eigenvalue weighted by molar-refractivity contribution is 6.30. The van der Waals surface area contributed by atoms with E-state index in [0.717, 1.165) is 9.80 Å². The van der Waals surface area contributed by atoms with Crippen LogP contribution in [-0.2, 0) is 19.1 Å². The Labute approximate surface area is 224 Å². The van der Waals surface area contributed by atoms with Crippen LogP contribution in [-0.4, -0.2) is 116 Å². The Bertz CT molecular complexity index is 1240. The van der Waals surface area contributed by atoms with Gasteiger partial charge in [-0.15, -0.1) is 0 Å². The van der Waals surface area contributed by atoms with Gasteiger partial charge in [-0.1, -0.05) is 6.07 Å². The van der Waals surface area contributed by atoms with Crippen molar-refractivity contribution >= 4 is 35.8 Å². The minimum atomic E-state index is -0.686. The second kappa shape index (κ2) is 11.2. The summed E-state index contributed by atoms with van der Waals surface area (Å²) < 4.78 is 22.5. The summed E-state index contributed by atoms with van der Waals surface area (Å²) in [5.74, 6) is 0.277. The van der Waals surface area contributed by atoms with Crippen LogP contribution < -0.4 is 19.3 Å². The van der Waals surface area contributed by atoms with E-state index >= 15 is 0 Å². The number of amides is 4. The Morgan fingerprint density at radius 1 is 0.795 bits per heavy atom. The van der Waals surface area contributed by atoms with Crippen LogP contribution in [0.3, 0.4) is 0 Å². The maximum absolute atomic E-state index is 12.6. The normalized spacial score (nSPS) is 18.5. The molecule has 0 spiro atoms. The van der Waals surface area contributed by atoms with Crippen LogP contribution in [0, 0.1) is 0 Å². The number of methoxy groups -OCH3 is 1. The van der Waals surface area contributed by atoms with Crippen molar-refractivity contribution in [3.8, 4) is 17.5 Å². The van der Waals surface area contributed by atoms with E-state index in [-0.39, 0.29) is 11.6 Å². The molecule has 0 N–H and O–H groups in total. The number of morpholine rings is 2. The Balaban J connectivity index is 1.44. The number of ether oxygens (including phenoxy) is 4. The molecule has 0 radical (unpaired) electrons. The van der Waals surface area contributed by atoms with Crippen molar-refractivity contribution in [3.05, 3.63) is 29.3 Å². The van der Waals surface area contributed by atoms with Crippen LogP contribution in [0.2, 0.25) is 0 Å². The number of benzene rings is 1. The number of likely N-dealkylation sites (N-methyl/N-ethyl adjacent to an activating group) is 2. The van der Waals surface area contributed by atoms with Crippen molar-refractivity contribution < 1.29 is 33.3 Å². The van der Waals surface area contributed by atoms with Gasteiger partial charge in [0.2, 0.25) is 11.9 Å². The molecule has 4 amide bonds. The van der Waals surface area contributed by atoms with Gasteiger partial charge in [0.15, 0.2) is 11.5 Å². The predicted octanol–water partition coefficient (Wildman–Crippen LogP) is 0.780. The number of carbonyl (C=O) groups is 3. The van der Waals surface area contributed by atoms with Crippen LogP contribution in [0.25, 0.3) is 6.08 Å². The van der Waals surface area contributed by atoms with Gasteiger partial charge in [0.1, 0.15) is 5.57 Å². The third kappa shape index (κ3) is 5.47. The van der Waals surface area contributed by atoms with Crippen molar-refractivity contribution in [2.24, 2.45) is 0 Å². The monoisotopic (exact) mass is 539 g/mol. The molecule has 14 heteroatoms. The fourth-order valence-corrected chi connectivity index (χ4v) is 4.29. The molecule has 3 aliphatic rings. The standard InChI is InChI=1S/C25H29N7O7/c1-29-20(33)17(21(34)30(2)25(29)35)14-16-4-5-18(19(15-16)36-3)39-24-27-22(31-6-10-37-11-7-31)26-23(28-24)32-8-12-38-13-9-32/h4-5,14-15H,6-13H2,1-3H3. The molecule has 0 atom stereocenters. The van der Waals surface area contributed by atoms with E-state index in [0.29, 0.717) is 81.6 Å². The maximum Gasteiger partial charge on any atom is 0.333 e. The van der Waals surface area contributed by atoms with Crippen molar-refractivity contribution in [1.29, 1.82) is 0 Å². The van der Waals surface area contributed by atoms with E-state index in [1.54, 1.807) is 18.2 Å². The van der Waals surface area contributed by atoms with Crippen LogP contribution in [0.4, 0.5) is 16.7 Å². The molecule has 0 saturated carbocycles. The Kier molecular flexibility index (Phi) is 7.56. The zero-order chi connectivity index (χ0) is 27.5. The number of aromatic nitrogens is 3. The summed E-state index contributed by atoms with van der Waals surface area (Å²) in [6.45, 7) is 4.87. The van der Waals surface area contributed by atoms with Gasteiger partial charge in [-0.2, -0.15) is 15.0 Å². The summed E-state index contributed by atoms with van der Waals surface area (Å²) in [5, 5.41) is 0. The van der Waals surface area contributed by atoms with Crippen LogP contribution in [0.15, 0.2) is 23.8 Å². The van der Waals surface area contributed by atoms with Gasteiger partial charge in [0, 0.05) is 40.3 Å². The SMILES string of the molecule is COc1cc(C=C2C(=O)N(C)C(=O)N(C)C2=O)ccc1Oc1nc(N2CCOCC2)nc(N2CCOCC2)n1. The van der Waals surface area contributed by atoms with E-state index in [9.17, 15) is 14.4 Å². The number of anilines is 2. The second-order valence-electron chi connectivity index (χ2n) is 9.00. The molecule has 206 valence electrons. The number of barbiturate groups is 1. The van der Waals surface area contributed by atoms with E-state index in [1.807, 2.05) is 9.80 Å². The topological polar surface area (TPSA) is 140 Å².